The number of nitrogens with zero attached hydrogens (tertiary/aromatic N) is 2. The SMILES string of the molecule is Cc1ccc2nc(/C(C#N)=C\c3ccc(OCc4ccc(Cl)c(Cl)c4)c(I)c3)[nH]c2c1. The van der Waals surface area contributed by atoms with E-state index in [1.54, 1.807) is 12.1 Å². The fourth-order valence-electron chi connectivity index (χ4n) is 3.09. The Bertz CT molecular complexity index is 1350. The maximum atomic E-state index is 9.67. The normalized spacial score (nSPS) is 11.5. The number of aromatic amines is 1. The first-order chi connectivity index (χ1) is 14.9. The molecule has 0 bridgehead atoms. The van der Waals surface area contributed by atoms with Gasteiger partial charge in [-0.1, -0.05) is 41.4 Å². The Labute approximate surface area is 203 Å². The van der Waals surface area contributed by atoms with Crippen molar-refractivity contribution in [3.05, 3.63) is 90.7 Å². The zero-order valence-electron chi connectivity index (χ0n) is 16.4. The van der Waals surface area contributed by atoms with Gasteiger partial charge >= 0.3 is 0 Å². The number of hydrogen-bond donors (Lipinski definition) is 1. The van der Waals surface area contributed by atoms with Crippen LogP contribution in [0.4, 0.5) is 0 Å². The van der Waals surface area contributed by atoms with Crippen molar-refractivity contribution in [2.45, 2.75) is 13.5 Å². The molecule has 4 rings (SSSR count). The molecule has 0 saturated heterocycles. The second-order valence-corrected chi connectivity index (χ2v) is 8.98. The molecule has 0 aliphatic heterocycles. The molecule has 154 valence electrons. The molecule has 0 amide bonds. The van der Waals surface area contributed by atoms with E-state index in [2.05, 4.69) is 38.6 Å². The topological polar surface area (TPSA) is 61.7 Å². The quantitative estimate of drug-likeness (QED) is 0.204. The fraction of sp³-hybridized carbons (Fsp3) is 0.0833. The molecule has 1 N–H and O–H groups in total. The molecule has 0 aliphatic carbocycles. The molecule has 7 heteroatoms. The number of benzene rings is 3. The third-order valence-corrected chi connectivity index (χ3v) is 6.24. The number of hydrogen-bond acceptors (Lipinski definition) is 3. The van der Waals surface area contributed by atoms with Gasteiger partial charge in [-0.25, -0.2) is 4.98 Å². The van der Waals surface area contributed by atoms with Gasteiger partial charge in [-0.05, 0) is 88.7 Å². The van der Waals surface area contributed by atoms with Crippen LogP contribution in [0.5, 0.6) is 5.75 Å². The van der Waals surface area contributed by atoms with Crippen LogP contribution in [0, 0.1) is 21.8 Å². The van der Waals surface area contributed by atoms with Gasteiger partial charge in [0, 0.05) is 0 Å². The molecule has 0 atom stereocenters. The summed E-state index contributed by atoms with van der Waals surface area (Å²) in [6.07, 6.45) is 1.81. The largest absolute Gasteiger partial charge is 0.488 e. The number of ether oxygens (including phenoxy) is 1. The number of rotatable bonds is 5. The van der Waals surface area contributed by atoms with E-state index in [1.807, 2.05) is 55.5 Å². The first-order valence-corrected chi connectivity index (χ1v) is 11.2. The number of aryl methyl sites for hydroxylation is 1. The molecule has 1 heterocycles. The standard InChI is InChI=1S/C24H16Cl2IN3O/c1-14-2-6-21-22(8-14)30-24(29-21)17(12-28)9-15-4-7-23(20(27)11-15)31-13-16-3-5-18(25)19(26)10-16/h2-11H,13H2,1H3,(H,29,30)/b17-9-. The number of nitrogens with one attached hydrogen (secondary N) is 1. The van der Waals surface area contributed by atoms with Crippen LogP contribution in [-0.2, 0) is 6.61 Å². The highest BCUT2D eigenvalue weighted by molar-refractivity contribution is 14.1. The van der Waals surface area contributed by atoms with Gasteiger partial charge in [0.15, 0.2) is 0 Å². The maximum Gasteiger partial charge on any atom is 0.149 e. The summed E-state index contributed by atoms with van der Waals surface area (Å²) < 4.78 is 6.86. The first kappa shape index (κ1) is 21.7. The second kappa shape index (κ2) is 9.31. The fourth-order valence-corrected chi connectivity index (χ4v) is 4.10. The van der Waals surface area contributed by atoms with Crippen molar-refractivity contribution in [1.29, 1.82) is 5.26 Å². The Balaban J connectivity index is 1.54. The molecule has 4 nitrogen and oxygen atoms in total. The van der Waals surface area contributed by atoms with Crippen LogP contribution >= 0.6 is 45.8 Å². The molecule has 0 spiro atoms. The molecule has 3 aromatic carbocycles. The zero-order valence-corrected chi connectivity index (χ0v) is 20.1. The Morgan fingerprint density at radius 2 is 1.97 bits per heavy atom. The number of nitriles is 1. The van der Waals surface area contributed by atoms with Crippen molar-refractivity contribution in [3.63, 3.8) is 0 Å². The molecule has 31 heavy (non-hydrogen) atoms. The van der Waals surface area contributed by atoms with Crippen LogP contribution in [0.25, 0.3) is 22.7 Å². The highest BCUT2D eigenvalue weighted by atomic mass is 127. The number of H-pyrrole nitrogens is 1. The van der Waals surface area contributed by atoms with Crippen molar-refractivity contribution < 1.29 is 4.74 Å². The maximum absolute atomic E-state index is 9.67. The van der Waals surface area contributed by atoms with E-state index in [4.69, 9.17) is 27.9 Å². The van der Waals surface area contributed by atoms with E-state index in [-0.39, 0.29) is 0 Å². The van der Waals surface area contributed by atoms with Crippen molar-refractivity contribution >= 4 is 68.5 Å². The minimum Gasteiger partial charge on any atom is -0.488 e. The van der Waals surface area contributed by atoms with Crippen LogP contribution < -0.4 is 4.74 Å². The zero-order chi connectivity index (χ0) is 22.0. The average Bonchev–Trinajstić information content (AvgIpc) is 3.16. The van der Waals surface area contributed by atoms with Crippen molar-refractivity contribution in [2.75, 3.05) is 0 Å². The summed E-state index contributed by atoms with van der Waals surface area (Å²) in [7, 11) is 0. The van der Waals surface area contributed by atoms with Gasteiger partial charge in [-0.3, -0.25) is 0 Å². The molecule has 0 saturated carbocycles. The van der Waals surface area contributed by atoms with Crippen LogP contribution in [-0.4, -0.2) is 9.97 Å². The van der Waals surface area contributed by atoms with Gasteiger partial charge in [-0.15, -0.1) is 0 Å². The van der Waals surface area contributed by atoms with Crippen molar-refractivity contribution in [1.82, 2.24) is 9.97 Å². The molecule has 0 fully saturated rings. The summed E-state index contributed by atoms with van der Waals surface area (Å²) in [6.45, 7) is 2.40. The number of imidazole rings is 1. The molecule has 0 radical (unpaired) electrons. The van der Waals surface area contributed by atoms with Gasteiger partial charge in [0.1, 0.15) is 24.3 Å². The van der Waals surface area contributed by atoms with E-state index in [9.17, 15) is 5.26 Å². The Morgan fingerprint density at radius 3 is 2.71 bits per heavy atom. The minimum absolute atomic E-state index is 0.379. The lowest BCUT2D eigenvalue weighted by molar-refractivity contribution is 0.304. The van der Waals surface area contributed by atoms with Gasteiger partial charge in [-0.2, -0.15) is 5.26 Å². The lowest BCUT2D eigenvalue weighted by Gasteiger charge is -2.10. The van der Waals surface area contributed by atoms with E-state index in [0.717, 1.165) is 37.0 Å². The van der Waals surface area contributed by atoms with Crippen LogP contribution in [0.2, 0.25) is 10.0 Å². The van der Waals surface area contributed by atoms with Gasteiger partial charge < -0.3 is 9.72 Å². The van der Waals surface area contributed by atoms with Crippen LogP contribution in [0.15, 0.2) is 54.6 Å². The Morgan fingerprint density at radius 1 is 1.13 bits per heavy atom. The van der Waals surface area contributed by atoms with Crippen LogP contribution in [0.3, 0.4) is 0 Å². The van der Waals surface area contributed by atoms with E-state index < -0.39 is 0 Å². The average molecular weight is 560 g/mol. The predicted octanol–water partition coefficient (Wildman–Crippen LogP) is 7.43. The third-order valence-electron chi connectivity index (χ3n) is 4.66. The van der Waals surface area contributed by atoms with Crippen LogP contribution in [0.1, 0.15) is 22.5 Å². The molecule has 0 unspecified atom stereocenters. The monoisotopic (exact) mass is 559 g/mol. The molecule has 4 aromatic rings. The lowest BCUT2D eigenvalue weighted by atomic mass is 10.1. The number of halogens is 3. The highest BCUT2D eigenvalue weighted by Crippen LogP contribution is 2.27. The minimum atomic E-state index is 0.379. The summed E-state index contributed by atoms with van der Waals surface area (Å²) in [4.78, 5) is 7.78. The first-order valence-electron chi connectivity index (χ1n) is 9.38. The van der Waals surface area contributed by atoms with E-state index in [1.165, 1.54) is 0 Å². The number of aromatic nitrogens is 2. The van der Waals surface area contributed by atoms with E-state index in [0.29, 0.717) is 28.0 Å². The summed E-state index contributed by atoms with van der Waals surface area (Å²) in [5.41, 5.74) is 5.17. The smallest absolute Gasteiger partial charge is 0.149 e. The predicted molar refractivity (Wildman–Crippen MR) is 134 cm³/mol. The summed E-state index contributed by atoms with van der Waals surface area (Å²) in [5.74, 6) is 1.31. The molecule has 0 aliphatic rings. The molecule has 1 aromatic heterocycles. The van der Waals surface area contributed by atoms with E-state index >= 15 is 0 Å². The molecular formula is C24H16Cl2IN3O. The summed E-state index contributed by atoms with van der Waals surface area (Å²) >= 11 is 14.2. The van der Waals surface area contributed by atoms with Gasteiger partial charge in [0.2, 0.25) is 0 Å². The third kappa shape index (κ3) is 5.04. The number of allylic oxidation sites excluding steroid dienone is 1. The van der Waals surface area contributed by atoms with Gasteiger partial charge in [0.25, 0.3) is 0 Å². The Kier molecular flexibility index (Phi) is 6.51. The van der Waals surface area contributed by atoms with Crippen molar-refractivity contribution in [3.8, 4) is 11.8 Å². The highest BCUT2D eigenvalue weighted by Gasteiger charge is 2.10. The Hall–Kier alpha value is -2.53. The lowest BCUT2D eigenvalue weighted by Crippen LogP contribution is -1.97. The number of fused-ring (bicyclic) bond motifs is 1. The molecular weight excluding hydrogens is 544 g/mol. The second-order valence-electron chi connectivity index (χ2n) is 7.00. The summed E-state index contributed by atoms with van der Waals surface area (Å²) in [5, 5.41) is 10.7. The van der Waals surface area contributed by atoms with Crippen molar-refractivity contribution in [2.24, 2.45) is 0 Å². The summed E-state index contributed by atoms with van der Waals surface area (Å²) in [6, 6.07) is 19.4. The van der Waals surface area contributed by atoms with Gasteiger partial charge in [0.05, 0.1) is 30.2 Å².